The number of carbonyl (C=O) groups is 1. The van der Waals surface area contributed by atoms with Crippen LogP contribution >= 0.6 is 11.8 Å². The number of hydrogen-bond acceptors (Lipinski definition) is 3. The van der Waals surface area contributed by atoms with Crippen LogP contribution in [0.15, 0.2) is 30.5 Å². The van der Waals surface area contributed by atoms with E-state index in [1.54, 1.807) is 0 Å². The van der Waals surface area contributed by atoms with Crippen LogP contribution in [0.3, 0.4) is 0 Å². The number of fused-ring (bicyclic) bond motifs is 1. The van der Waals surface area contributed by atoms with Crippen molar-refractivity contribution < 1.29 is 4.79 Å². The van der Waals surface area contributed by atoms with E-state index >= 15 is 0 Å². The van der Waals surface area contributed by atoms with Gasteiger partial charge in [-0.25, -0.2) is 0 Å². The normalized spacial score (nSPS) is 19.5. The van der Waals surface area contributed by atoms with Gasteiger partial charge in [0.05, 0.1) is 5.69 Å². The predicted molar refractivity (Wildman–Crippen MR) is 80.7 cm³/mol. The Morgan fingerprint density at radius 1 is 1.42 bits per heavy atom. The van der Waals surface area contributed by atoms with Gasteiger partial charge in [-0.05, 0) is 18.2 Å². The summed E-state index contributed by atoms with van der Waals surface area (Å²) in [6.07, 6.45) is 2.42. The molecule has 0 saturated carbocycles. The Hall–Kier alpha value is -1.46. The molecule has 1 atom stereocenters. The molecule has 1 aromatic heterocycles. The molecule has 19 heavy (non-hydrogen) atoms. The topological polar surface area (TPSA) is 56.9 Å². The maximum atomic E-state index is 12.1. The zero-order valence-electron chi connectivity index (χ0n) is 10.6. The number of aromatic nitrogens is 1. The fraction of sp³-hybridized carbons (Fsp3) is 0.357. The van der Waals surface area contributed by atoms with Gasteiger partial charge in [0.2, 0.25) is 5.91 Å². The van der Waals surface area contributed by atoms with Crippen LogP contribution in [-0.2, 0) is 4.79 Å². The lowest BCUT2D eigenvalue weighted by atomic mass is 10.2. The molecule has 1 amide bonds. The number of H-pyrrole nitrogens is 1. The van der Waals surface area contributed by atoms with Crippen molar-refractivity contribution >= 4 is 34.3 Å². The first-order valence-electron chi connectivity index (χ1n) is 6.50. The number of aromatic amines is 1. The molecule has 1 aromatic carbocycles. The van der Waals surface area contributed by atoms with Crippen molar-refractivity contribution in [3.8, 4) is 0 Å². The van der Waals surface area contributed by atoms with Gasteiger partial charge < -0.3 is 15.6 Å². The summed E-state index contributed by atoms with van der Waals surface area (Å²) in [5.74, 6) is 2.23. The highest BCUT2D eigenvalue weighted by atomic mass is 32.2. The van der Waals surface area contributed by atoms with Gasteiger partial charge in [-0.2, -0.15) is 11.8 Å². The molecule has 1 fully saturated rings. The fourth-order valence-corrected chi connectivity index (χ4v) is 3.32. The molecule has 3 N–H and O–H groups in total. The average Bonchev–Trinajstić information content (AvgIpc) is 2.89. The van der Waals surface area contributed by atoms with E-state index in [1.807, 2.05) is 42.2 Å². The number of hydrogen-bond donors (Lipinski definition) is 3. The molecule has 4 nitrogen and oxygen atoms in total. The lowest BCUT2D eigenvalue weighted by Gasteiger charge is -2.22. The number of amides is 1. The van der Waals surface area contributed by atoms with Crippen molar-refractivity contribution in [2.24, 2.45) is 0 Å². The lowest BCUT2D eigenvalue weighted by molar-refractivity contribution is -0.116. The molecule has 0 bridgehead atoms. The SMILES string of the molecule is O=C(CC1CSCCN1)Nc1cccc2[nH]ccc12. The van der Waals surface area contributed by atoms with E-state index in [2.05, 4.69) is 15.6 Å². The first-order chi connectivity index (χ1) is 9.33. The standard InChI is InChI=1S/C14H17N3OS/c18-14(8-10-9-19-7-6-15-10)17-13-3-1-2-12-11(13)4-5-16-12/h1-5,10,15-16H,6-9H2,(H,17,18). The van der Waals surface area contributed by atoms with Gasteiger partial charge in [-0.15, -0.1) is 0 Å². The number of benzene rings is 1. The number of nitrogens with one attached hydrogen (secondary N) is 3. The maximum Gasteiger partial charge on any atom is 0.225 e. The summed E-state index contributed by atoms with van der Waals surface area (Å²) in [7, 11) is 0. The highest BCUT2D eigenvalue weighted by Crippen LogP contribution is 2.22. The minimum Gasteiger partial charge on any atom is -0.361 e. The van der Waals surface area contributed by atoms with Crippen LogP contribution in [-0.4, -0.2) is 35.0 Å². The molecule has 1 aliphatic heterocycles. The zero-order valence-corrected chi connectivity index (χ0v) is 11.4. The molecule has 0 radical (unpaired) electrons. The molecular weight excluding hydrogens is 258 g/mol. The van der Waals surface area contributed by atoms with Crippen molar-refractivity contribution in [3.63, 3.8) is 0 Å². The van der Waals surface area contributed by atoms with E-state index < -0.39 is 0 Å². The summed E-state index contributed by atoms with van der Waals surface area (Å²) in [6, 6.07) is 8.17. The fourth-order valence-electron chi connectivity index (χ4n) is 2.37. The summed E-state index contributed by atoms with van der Waals surface area (Å²) < 4.78 is 0. The van der Waals surface area contributed by atoms with E-state index in [9.17, 15) is 4.79 Å². The van der Waals surface area contributed by atoms with Gasteiger partial charge in [0.25, 0.3) is 0 Å². The van der Waals surface area contributed by atoms with Crippen molar-refractivity contribution in [1.82, 2.24) is 10.3 Å². The van der Waals surface area contributed by atoms with Crippen molar-refractivity contribution in [2.45, 2.75) is 12.5 Å². The van der Waals surface area contributed by atoms with Crippen LogP contribution in [0.25, 0.3) is 10.9 Å². The van der Waals surface area contributed by atoms with Crippen molar-refractivity contribution in [1.29, 1.82) is 0 Å². The third kappa shape index (κ3) is 2.93. The molecule has 0 spiro atoms. The molecule has 1 unspecified atom stereocenters. The van der Waals surface area contributed by atoms with E-state index in [4.69, 9.17) is 0 Å². The molecule has 2 aromatic rings. The quantitative estimate of drug-likeness (QED) is 0.805. The van der Waals surface area contributed by atoms with Crippen LogP contribution in [0.4, 0.5) is 5.69 Å². The second-order valence-corrected chi connectivity index (χ2v) is 5.87. The summed E-state index contributed by atoms with van der Waals surface area (Å²) in [5, 5.41) is 7.45. The average molecular weight is 275 g/mol. The van der Waals surface area contributed by atoms with Gasteiger partial charge in [0, 0.05) is 47.6 Å². The number of anilines is 1. The van der Waals surface area contributed by atoms with Crippen LogP contribution < -0.4 is 10.6 Å². The third-order valence-electron chi connectivity index (χ3n) is 3.30. The van der Waals surface area contributed by atoms with Crippen LogP contribution in [0.2, 0.25) is 0 Å². The first kappa shape index (κ1) is 12.6. The maximum absolute atomic E-state index is 12.1. The lowest BCUT2D eigenvalue weighted by Crippen LogP contribution is -2.39. The number of rotatable bonds is 3. The number of carbonyl (C=O) groups excluding carboxylic acids is 1. The number of thioether (sulfide) groups is 1. The first-order valence-corrected chi connectivity index (χ1v) is 7.65. The summed E-state index contributed by atoms with van der Waals surface area (Å²) in [6.45, 7) is 0.996. The Balaban J connectivity index is 1.67. The highest BCUT2D eigenvalue weighted by Gasteiger charge is 2.17. The molecule has 1 saturated heterocycles. The smallest absolute Gasteiger partial charge is 0.225 e. The van der Waals surface area contributed by atoms with Gasteiger partial charge >= 0.3 is 0 Å². The largest absolute Gasteiger partial charge is 0.361 e. The summed E-state index contributed by atoms with van der Waals surface area (Å²) >= 11 is 1.91. The Labute approximate surface area is 116 Å². The van der Waals surface area contributed by atoms with Crippen LogP contribution in [0.5, 0.6) is 0 Å². The second-order valence-electron chi connectivity index (χ2n) is 4.72. The Kier molecular flexibility index (Phi) is 3.75. The van der Waals surface area contributed by atoms with E-state index in [-0.39, 0.29) is 5.91 Å². The molecule has 3 rings (SSSR count). The molecule has 0 aliphatic carbocycles. The Bertz CT molecular complexity index is 575. The summed E-state index contributed by atoms with van der Waals surface area (Å²) in [5.41, 5.74) is 1.93. The van der Waals surface area contributed by atoms with Crippen molar-refractivity contribution in [2.75, 3.05) is 23.4 Å². The molecule has 5 heteroatoms. The highest BCUT2D eigenvalue weighted by molar-refractivity contribution is 7.99. The van der Waals surface area contributed by atoms with Gasteiger partial charge in [0.1, 0.15) is 0 Å². The van der Waals surface area contributed by atoms with E-state index in [0.29, 0.717) is 12.5 Å². The Morgan fingerprint density at radius 3 is 3.21 bits per heavy atom. The zero-order chi connectivity index (χ0) is 13.1. The second kappa shape index (κ2) is 5.67. The van der Waals surface area contributed by atoms with Gasteiger partial charge in [-0.3, -0.25) is 4.79 Å². The Morgan fingerprint density at radius 2 is 2.37 bits per heavy atom. The third-order valence-corrected chi connectivity index (χ3v) is 4.43. The van der Waals surface area contributed by atoms with Gasteiger partial charge in [-0.1, -0.05) is 6.07 Å². The van der Waals surface area contributed by atoms with E-state index in [0.717, 1.165) is 34.6 Å². The molecule has 2 heterocycles. The molecular formula is C14H17N3OS. The summed E-state index contributed by atoms with van der Waals surface area (Å²) in [4.78, 5) is 15.2. The van der Waals surface area contributed by atoms with Crippen LogP contribution in [0, 0.1) is 0 Å². The minimum absolute atomic E-state index is 0.0775. The predicted octanol–water partition coefficient (Wildman–Crippen LogP) is 2.20. The molecule has 1 aliphatic rings. The van der Waals surface area contributed by atoms with Crippen LogP contribution in [0.1, 0.15) is 6.42 Å². The van der Waals surface area contributed by atoms with Gasteiger partial charge in [0.15, 0.2) is 0 Å². The van der Waals surface area contributed by atoms with E-state index in [1.165, 1.54) is 0 Å². The molecule has 100 valence electrons. The monoisotopic (exact) mass is 275 g/mol. The minimum atomic E-state index is 0.0775. The van der Waals surface area contributed by atoms with Crippen molar-refractivity contribution in [3.05, 3.63) is 30.5 Å².